The van der Waals surface area contributed by atoms with Crippen molar-refractivity contribution in [1.82, 2.24) is 19.9 Å². The van der Waals surface area contributed by atoms with E-state index < -0.39 is 5.60 Å². The van der Waals surface area contributed by atoms with E-state index in [4.69, 9.17) is 4.74 Å². The number of pyridine rings is 1. The molecule has 4 rings (SSSR count). The fraction of sp³-hybridized carbons (Fsp3) is 0.619. The minimum absolute atomic E-state index is 0.0954. The Morgan fingerprint density at radius 2 is 1.83 bits per heavy atom. The van der Waals surface area contributed by atoms with Crippen LogP contribution < -0.4 is 15.2 Å². The molecule has 2 aromatic rings. The fourth-order valence-electron chi connectivity index (χ4n) is 4.04. The molecule has 0 aliphatic carbocycles. The largest absolute Gasteiger partial charge is 0.444 e. The second-order valence-corrected chi connectivity index (χ2v) is 8.95. The Morgan fingerprint density at radius 1 is 1.13 bits per heavy atom. The lowest BCUT2D eigenvalue weighted by molar-refractivity contribution is 0.0240. The molecule has 0 bridgehead atoms. The number of rotatable bonds is 2. The minimum atomic E-state index is -0.523. The van der Waals surface area contributed by atoms with E-state index >= 15 is 0 Å². The zero-order chi connectivity index (χ0) is 21.6. The number of fused-ring (bicyclic) bond motifs is 2. The van der Waals surface area contributed by atoms with E-state index in [0.717, 1.165) is 30.2 Å². The van der Waals surface area contributed by atoms with Gasteiger partial charge in [-0.3, -0.25) is 4.79 Å². The van der Waals surface area contributed by atoms with E-state index in [1.807, 2.05) is 39.6 Å². The number of H-pyrrole nitrogens is 1. The molecule has 0 atom stereocenters. The molecule has 30 heavy (non-hydrogen) atoms. The highest BCUT2D eigenvalue weighted by molar-refractivity contribution is 5.79. The summed E-state index contributed by atoms with van der Waals surface area (Å²) in [6, 6.07) is 0. The number of likely N-dealkylation sites (N-methyl/N-ethyl adjacent to an activating group) is 1. The van der Waals surface area contributed by atoms with Gasteiger partial charge >= 0.3 is 6.09 Å². The molecule has 1 saturated heterocycles. The van der Waals surface area contributed by atoms with Crippen LogP contribution in [0.3, 0.4) is 0 Å². The molecular weight excluding hydrogens is 384 g/mol. The van der Waals surface area contributed by atoms with Crippen molar-refractivity contribution in [3.8, 4) is 0 Å². The predicted molar refractivity (Wildman–Crippen MR) is 117 cm³/mol. The van der Waals surface area contributed by atoms with Gasteiger partial charge in [0.1, 0.15) is 11.3 Å². The van der Waals surface area contributed by atoms with Crippen molar-refractivity contribution in [2.24, 2.45) is 0 Å². The van der Waals surface area contributed by atoms with Crippen LogP contribution in [0.1, 0.15) is 39.1 Å². The lowest BCUT2D eigenvalue weighted by atomic mass is 10.1. The first-order valence-corrected chi connectivity index (χ1v) is 10.6. The number of anilines is 2. The van der Waals surface area contributed by atoms with Gasteiger partial charge < -0.3 is 24.4 Å². The SMILES string of the molecule is CCc1[nH]c2nc3c(nc2c(=O)c1N1CCN(C(=O)OC(C)(C)C)CC1)N(C)CC3. The molecule has 0 unspecified atom stereocenters. The van der Waals surface area contributed by atoms with Crippen LogP contribution in [0.2, 0.25) is 0 Å². The Morgan fingerprint density at radius 3 is 2.47 bits per heavy atom. The number of carbonyl (C=O) groups excluding carboxylic acids is 1. The van der Waals surface area contributed by atoms with Gasteiger partial charge in [-0.2, -0.15) is 0 Å². The lowest BCUT2D eigenvalue weighted by Gasteiger charge is -2.37. The minimum Gasteiger partial charge on any atom is -0.444 e. The molecule has 2 aliphatic rings. The maximum atomic E-state index is 13.4. The summed E-state index contributed by atoms with van der Waals surface area (Å²) >= 11 is 0. The monoisotopic (exact) mass is 414 g/mol. The Labute approximate surface area is 176 Å². The summed E-state index contributed by atoms with van der Waals surface area (Å²) in [6.07, 6.45) is 1.22. The molecule has 0 saturated carbocycles. The van der Waals surface area contributed by atoms with Crippen LogP contribution in [0.4, 0.5) is 16.3 Å². The molecule has 0 radical (unpaired) electrons. The number of aromatic nitrogens is 3. The highest BCUT2D eigenvalue weighted by Gasteiger charge is 2.29. The maximum Gasteiger partial charge on any atom is 0.410 e. The molecule has 0 aromatic carbocycles. The molecule has 1 fully saturated rings. The number of ether oxygens (including phenoxy) is 1. The van der Waals surface area contributed by atoms with E-state index in [2.05, 4.69) is 19.9 Å². The third kappa shape index (κ3) is 3.68. The van der Waals surface area contributed by atoms with Crippen molar-refractivity contribution >= 4 is 28.8 Å². The zero-order valence-corrected chi connectivity index (χ0v) is 18.4. The Balaban J connectivity index is 1.63. The molecule has 2 aliphatic heterocycles. The van der Waals surface area contributed by atoms with Crippen LogP contribution >= 0.6 is 0 Å². The number of carbonyl (C=O) groups is 1. The van der Waals surface area contributed by atoms with Crippen LogP contribution in [-0.2, 0) is 17.6 Å². The Hall–Kier alpha value is -2.84. The van der Waals surface area contributed by atoms with Crippen LogP contribution in [-0.4, -0.2) is 71.3 Å². The van der Waals surface area contributed by atoms with Crippen molar-refractivity contribution in [2.75, 3.05) is 49.6 Å². The summed E-state index contributed by atoms with van der Waals surface area (Å²) in [7, 11) is 1.97. The lowest BCUT2D eigenvalue weighted by Crippen LogP contribution is -2.51. The number of piperazine rings is 1. The third-order valence-electron chi connectivity index (χ3n) is 5.58. The topological polar surface area (TPSA) is 94.7 Å². The Bertz CT molecular complexity index is 1030. The summed E-state index contributed by atoms with van der Waals surface area (Å²) in [4.78, 5) is 44.3. The van der Waals surface area contributed by atoms with E-state index in [9.17, 15) is 9.59 Å². The molecule has 4 heterocycles. The normalized spacial score (nSPS) is 16.9. The van der Waals surface area contributed by atoms with Crippen molar-refractivity contribution in [2.45, 2.75) is 46.1 Å². The first-order valence-electron chi connectivity index (χ1n) is 10.6. The summed E-state index contributed by atoms with van der Waals surface area (Å²) in [5.74, 6) is 0.790. The van der Waals surface area contributed by atoms with Crippen molar-refractivity contribution in [3.05, 3.63) is 21.6 Å². The second-order valence-electron chi connectivity index (χ2n) is 8.95. The summed E-state index contributed by atoms with van der Waals surface area (Å²) < 4.78 is 5.47. The maximum absolute atomic E-state index is 13.4. The first kappa shape index (κ1) is 20.4. The fourth-order valence-corrected chi connectivity index (χ4v) is 4.04. The number of nitrogens with one attached hydrogen (secondary N) is 1. The van der Waals surface area contributed by atoms with Crippen molar-refractivity contribution in [3.63, 3.8) is 0 Å². The van der Waals surface area contributed by atoms with E-state index in [-0.39, 0.29) is 11.5 Å². The smallest absolute Gasteiger partial charge is 0.410 e. The van der Waals surface area contributed by atoms with Crippen LogP contribution in [0.5, 0.6) is 0 Å². The first-order chi connectivity index (χ1) is 14.2. The van der Waals surface area contributed by atoms with Gasteiger partial charge in [-0.15, -0.1) is 0 Å². The number of hydrogen-bond donors (Lipinski definition) is 1. The van der Waals surface area contributed by atoms with Gasteiger partial charge in [0, 0.05) is 51.9 Å². The number of hydrogen-bond acceptors (Lipinski definition) is 7. The predicted octanol–water partition coefficient (Wildman–Crippen LogP) is 1.93. The molecule has 0 spiro atoms. The quantitative estimate of drug-likeness (QED) is 0.802. The molecular formula is C21H30N6O3. The molecule has 1 N–H and O–H groups in total. The third-order valence-corrected chi connectivity index (χ3v) is 5.58. The number of amides is 1. The Kier molecular flexibility index (Phi) is 5.07. The second kappa shape index (κ2) is 7.45. The number of aromatic amines is 1. The number of aryl methyl sites for hydroxylation is 1. The zero-order valence-electron chi connectivity index (χ0n) is 18.4. The van der Waals surface area contributed by atoms with Gasteiger partial charge in [-0.05, 0) is 27.2 Å². The molecule has 2 aromatic heterocycles. The summed E-state index contributed by atoms with van der Waals surface area (Å²) in [6.45, 7) is 10.6. The standard InChI is InChI=1S/C21H30N6O3/c1-6-13-16(26-9-11-27(12-10-26)20(29)30-21(2,3)4)17(28)15-18(22-13)23-14-7-8-25(5)19(14)24-15/h6-12H2,1-5H3,(H,22,23,28). The van der Waals surface area contributed by atoms with E-state index in [1.165, 1.54) is 0 Å². The highest BCUT2D eigenvalue weighted by Crippen LogP contribution is 2.26. The van der Waals surface area contributed by atoms with E-state index in [0.29, 0.717) is 49.5 Å². The van der Waals surface area contributed by atoms with Gasteiger partial charge in [-0.25, -0.2) is 14.8 Å². The van der Waals surface area contributed by atoms with Crippen molar-refractivity contribution < 1.29 is 9.53 Å². The number of nitrogens with zero attached hydrogens (tertiary/aromatic N) is 5. The van der Waals surface area contributed by atoms with Crippen LogP contribution in [0.15, 0.2) is 4.79 Å². The molecule has 1 amide bonds. The summed E-state index contributed by atoms with van der Waals surface area (Å²) in [5.41, 5.74) is 2.75. The average Bonchev–Trinajstić information content (AvgIpc) is 3.05. The van der Waals surface area contributed by atoms with Gasteiger partial charge in [0.2, 0.25) is 5.43 Å². The van der Waals surface area contributed by atoms with Gasteiger partial charge in [-0.1, -0.05) is 6.92 Å². The highest BCUT2D eigenvalue weighted by atomic mass is 16.6. The van der Waals surface area contributed by atoms with Crippen LogP contribution in [0.25, 0.3) is 11.2 Å². The van der Waals surface area contributed by atoms with Gasteiger partial charge in [0.15, 0.2) is 17.0 Å². The van der Waals surface area contributed by atoms with Gasteiger partial charge in [0.25, 0.3) is 0 Å². The van der Waals surface area contributed by atoms with E-state index in [1.54, 1.807) is 4.90 Å². The van der Waals surface area contributed by atoms with Gasteiger partial charge in [0.05, 0.1) is 5.69 Å². The molecule has 162 valence electrons. The molecule has 9 nitrogen and oxygen atoms in total. The molecule has 9 heteroatoms. The average molecular weight is 415 g/mol. The van der Waals surface area contributed by atoms with Crippen molar-refractivity contribution in [1.29, 1.82) is 0 Å². The summed E-state index contributed by atoms with van der Waals surface area (Å²) in [5, 5.41) is 0. The van der Waals surface area contributed by atoms with Crippen LogP contribution in [0, 0.1) is 0 Å².